The first-order valence-corrected chi connectivity index (χ1v) is 7.49. The molecule has 1 aromatic heterocycles. The molecule has 0 saturated heterocycles. The van der Waals surface area contributed by atoms with Gasteiger partial charge in [-0.05, 0) is 51.7 Å². The summed E-state index contributed by atoms with van der Waals surface area (Å²) < 4.78 is 1.01. The lowest BCUT2D eigenvalue weighted by Crippen LogP contribution is -1.97. The minimum absolute atomic E-state index is 0.600. The van der Waals surface area contributed by atoms with Gasteiger partial charge in [-0.1, -0.05) is 18.2 Å². The van der Waals surface area contributed by atoms with E-state index in [-0.39, 0.29) is 0 Å². The number of hydrogen-bond donors (Lipinski definition) is 1. The van der Waals surface area contributed by atoms with Gasteiger partial charge in [0.15, 0.2) is 0 Å². The Bertz CT molecular complexity index is 526. The molecule has 18 heavy (non-hydrogen) atoms. The van der Waals surface area contributed by atoms with Crippen molar-refractivity contribution in [2.45, 2.75) is 24.2 Å². The fourth-order valence-electron chi connectivity index (χ4n) is 1.65. The summed E-state index contributed by atoms with van der Waals surface area (Å²) in [6.45, 7) is 2.73. The van der Waals surface area contributed by atoms with Gasteiger partial charge in [-0.2, -0.15) is 0 Å². The number of halogens is 1. The number of aromatic nitrogens is 1. The molecule has 0 bridgehead atoms. The van der Waals surface area contributed by atoms with Gasteiger partial charge in [-0.3, -0.25) is 0 Å². The highest BCUT2D eigenvalue weighted by Crippen LogP contribution is 2.24. The second-order valence-electron chi connectivity index (χ2n) is 4.07. The molecular formula is C14H15BrN2S. The van der Waals surface area contributed by atoms with Gasteiger partial charge in [0.2, 0.25) is 0 Å². The van der Waals surface area contributed by atoms with Crippen LogP contribution >= 0.6 is 27.7 Å². The number of nitrogens with zero attached hydrogens (tertiary/aromatic N) is 1. The van der Waals surface area contributed by atoms with E-state index in [0.29, 0.717) is 6.54 Å². The zero-order chi connectivity index (χ0) is 13.0. The van der Waals surface area contributed by atoms with Crippen molar-refractivity contribution in [3.8, 4) is 0 Å². The number of aryl methyl sites for hydroxylation is 1. The molecule has 0 aliphatic rings. The van der Waals surface area contributed by atoms with E-state index in [1.165, 1.54) is 16.7 Å². The average Bonchev–Trinajstić information content (AvgIpc) is 2.39. The van der Waals surface area contributed by atoms with E-state index >= 15 is 0 Å². The Hall–Kier alpha value is -0.840. The minimum atomic E-state index is 0.600. The summed E-state index contributed by atoms with van der Waals surface area (Å²) in [6, 6.07) is 10.4. The van der Waals surface area contributed by atoms with E-state index in [1.807, 2.05) is 18.3 Å². The first-order chi connectivity index (χ1) is 8.69. The van der Waals surface area contributed by atoms with Crippen LogP contribution in [0.5, 0.6) is 0 Å². The van der Waals surface area contributed by atoms with Crippen LogP contribution in [0, 0.1) is 6.92 Å². The fourth-order valence-corrected chi connectivity index (χ4v) is 2.80. The summed E-state index contributed by atoms with van der Waals surface area (Å²) >= 11 is 5.13. The quantitative estimate of drug-likeness (QED) is 0.867. The third-order valence-corrected chi connectivity index (χ3v) is 4.18. The molecule has 0 saturated carbocycles. The van der Waals surface area contributed by atoms with Crippen LogP contribution in [-0.2, 0) is 12.3 Å². The fraction of sp³-hybridized carbons (Fsp3) is 0.214. The Morgan fingerprint density at radius 2 is 2.11 bits per heavy atom. The van der Waals surface area contributed by atoms with Crippen molar-refractivity contribution >= 4 is 27.7 Å². The van der Waals surface area contributed by atoms with E-state index in [4.69, 9.17) is 5.73 Å². The van der Waals surface area contributed by atoms with Crippen molar-refractivity contribution in [1.29, 1.82) is 0 Å². The third-order valence-electron chi connectivity index (χ3n) is 2.72. The summed E-state index contributed by atoms with van der Waals surface area (Å²) in [5.74, 6) is 0.936. The molecule has 0 fully saturated rings. The summed E-state index contributed by atoms with van der Waals surface area (Å²) in [5.41, 5.74) is 9.44. The van der Waals surface area contributed by atoms with Gasteiger partial charge in [0.05, 0.1) is 5.03 Å². The molecule has 2 nitrogen and oxygen atoms in total. The van der Waals surface area contributed by atoms with Gasteiger partial charge in [0, 0.05) is 23.0 Å². The zero-order valence-electron chi connectivity index (χ0n) is 10.2. The Morgan fingerprint density at radius 1 is 1.28 bits per heavy atom. The second-order valence-corrected chi connectivity index (χ2v) is 5.98. The van der Waals surface area contributed by atoms with Crippen LogP contribution in [0.15, 0.2) is 46.0 Å². The van der Waals surface area contributed by atoms with Crippen molar-refractivity contribution in [2.75, 3.05) is 0 Å². The van der Waals surface area contributed by atoms with Crippen LogP contribution in [0.25, 0.3) is 0 Å². The Balaban J connectivity index is 2.04. The molecule has 4 heteroatoms. The molecule has 0 radical (unpaired) electrons. The van der Waals surface area contributed by atoms with Gasteiger partial charge in [0.25, 0.3) is 0 Å². The zero-order valence-corrected chi connectivity index (χ0v) is 12.6. The Morgan fingerprint density at radius 3 is 2.72 bits per heavy atom. The average molecular weight is 323 g/mol. The number of thioether (sulfide) groups is 1. The smallest absolute Gasteiger partial charge is 0.0963 e. The molecule has 0 amide bonds. The summed E-state index contributed by atoms with van der Waals surface area (Å²) in [4.78, 5) is 4.35. The molecule has 2 rings (SSSR count). The topological polar surface area (TPSA) is 38.9 Å². The predicted octanol–water partition coefficient (Wildman–Crippen LogP) is 3.90. The van der Waals surface area contributed by atoms with Crippen molar-refractivity contribution < 1.29 is 0 Å². The van der Waals surface area contributed by atoms with Crippen LogP contribution in [0.3, 0.4) is 0 Å². The lowest BCUT2D eigenvalue weighted by atomic mass is 10.1. The highest BCUT2D eigenvalue weighted by molar-refractivity contribution is 9.10. The van der Waals surface area contributed by atoms with E-state index in [1.54, 1.807) is 11.8 Å². The van der Waals surface area contributed by atoms with Crippen LogP contribution < -0.4 is 5.73 Å². The molecule has 0 spiro atoms. The van der Waals surface area contributed by atoms with Crippen LogP contribution in [-0.4, -0.2) is 4.98 Å². The molecule has 0 aliphatic carbocycles. The molecule has 1 aromatic carbocycles. The first kappa shape index (κ1) is 13.6. The summed E-state index contributed by atoms with van der Waals surface area (Å²) in [6.07, 6.45) is 1.83. The van der Waals surface area contributed by atoms with Crippen molar-refractivity contribution in [3.63, 3.8) is 0 Å². The monoisotopic (exact) mass is 322 g/mol. The van der Waals surface area contributed by atoms with Crippen LogP contribution in [0.1, 0.15) is 16.7 Å². The van der Waals surface area contributed by atoms with Gasteiger partial charge < -0.3 is 5.73 Å². The van der Waals surface area contributed by atoms with Gasteiger partial charge in [0.1, 0.15) is 0 Å². The van der Waals surface area contributed by atoms with Crippen molar-refractivity contribution in [3.05, 3.63) is 57.7 Å². The molecule has 0 atom stereocenters. The van der Waals surface area contributed by atoms with E-state index in [0.717, 1.165) is 15.3 Å². The first-order valence-electron chi connectivity index (χ1n) is 5.72. The predicted molar refractivity (Wildman–Crippen MR) is 80.6 cm³/mol. The largest absolute Gasteiger partial charge is 0.326 e. The number of hydrogen-bond acceptors (Lipinski definition) is 3. The van der Waals surface area contributed by atoms with E-state index in [9.17, 15) is 0 Å². The number of nitrogens with two attached hydrogens (primary N) is 1. The summed E-state index contributed by atoms with van der Waals surface area (Å²) in [7, 11) is 0. The lowest BCUT2D eigenvalue weighted by molar-refractivity contribution is 1.06. The third kappa shape index (κ3) is 3.57. The molecule has 2 aromatic rings. The molecule has 2 N–H and O–H groups in total. The summed E-state index contributed by atoms with van der Waals surface area (Å²) in [5, 5.41) is 1.04. The number of benzene rings is 1. The van der Waals surface area contributed by atoms with Gasteiger partial charge >= 0.3 is 0 Å². The van der Waals surface area contributed by atoms with Crippen molar-refractivity contribution in [2.24, 2.45) is 5.73 Å². The molecule has 1 heterocycles. The molecular weight excluding hydrogens is 308 g/mol. The standard InChI is InChI=1S/C14H15BrN2S/c1-10-6-11(7-16)2-3-12(10)9-18-14-5-4-13(15)8-17-14/h2-6,8H,7,9,16H2,1H3. The maximum Gasteiger partial charge on any atom is 0.0963 e. The van der Waals surface area contributed by atoms with Crippen molar-refractivity contribution in [1.82, 2.24) is 4.98 Å². The Labute approximate surface area is 120 Å². The second kappa shape index (κ2) is 6.36. The lowest BCUT2D eigenvalue weighted by Gasteiger charge is -2.07. The minimum Gasteiger partial charge on any atom is -0.326 e. The van der Waals surface area contributed by atoms with Crippen LogP contribution in [0.2, 0.25) is 0 Å². The van der Waals surface area contributed by atoms with E-state index in [2.05, 4.69) is 46.0 Å². The molecule has 0 aliphatic heterocycles. The Kier molecular flexibility index (Phi) is 4.80. The number of rotatable bonds is 4. The SMILES string of the molecule is Cc1cc(CN)ccc1CSc1ccc(Br)cn1. The molecule has 94 valence electrons. The normalized spacial score (nSPS) is 10.6. The number of pyridine rings is 1. The molecule has 0 unspecified atom stereocenters. The maximum absolute atomic E-state index is 5.63. The highest BCUT2D eigenvalue weighted by Gasteiger charge is 2.02. The van der Waals surface area contributed by atoms with Gasteiger partial charge in [-0.15, -0.1) is 11.8 Å². The highest BCUT2D eigenvalue weighted by atomic mass is 79.9. The maximum atomic E-state index is 5.63. The van der Waals surface area contributed by atoms with E-state index < -0.39 is 0 Å². The van der Waals surface area contributed by atoms with Crippen LogP contribution in [0.4, 0.5) is 0 Å². The van der Waals surface area contributed by atoms with Gasteiger partial charge in [-0.25, -0.2) is 4.98 Å².